The first kappa shape index (κ1) is 20.4. The maximum Gasteiger partial charge on any atom is 0.306 e. The first-order valence-electron chi connectivity index (χ1n) is 9.02. The van der Waals surface area contributed by atoms with Crippen LogP contribution in [0, 0.1) is 0 Å². The first-order chi connectivity index (χ1) is 14.0. The highest BCUT2D eigenvalue weighted by atomic mass is 35.5. The summed E-state index contributed by atoms with van der Waals surface area (Å²) in [6.07, 6.45) is -0.132. The van der Waals surface area contributed by atoms with Crippen LogP contribution >= 0.6 is 11.6 Å². The summed E-state index contributed by atoms with van der Waals surface area (Å²) in [5.41, 5.74) is 1.18. The lowest BCUT2D eigenvalue weighted by molar-refractivity contribution is -0.144. The van der Waals surface area contributed by atoms with Gasteiger partial charge in [0.15, 0.2) is 0 Å². The van der Waals surface area contributed by atoms with Crippen LogP contribution in [0.25, 0.3) is 11.0 Å². The third-order valence-electron chi connectivity index (χ3n) is 4.01. The van der Waals surface area contributed by atoms with Gasteiger partial charge in [0.25, 0.3) is 5.91 Å². The molecule has 0 bridgehead atoms. The van der Waals surface area contributed by atoms with E-state index in [0.29, 0.717) is 21.7 Å². The number of benzene rings is 2. The number of halogens is 1. The van der Waals surface area contributed by atoms with Crippen molar-refractivity contribution in [2.45, 2.75) is 19.8 Å². The molecule has 0 aliphatic heterocycles. The van der Waals surface area contributed by atoms with Crippen molar-refractivity contribution in [1.82, 2.24) is 0 Å². The molecule has 0 spiro atoms. The monoisotopic (exact) mass is 414 g/mol. The molecule has 2 amide bonds. The lowest BCUT2D eigenvalue weighted by atomic mass is 10.2. The van der Waals surface area contributed by atoms with E-state index in [1.165, 1.54) is 0 Å². The number of rotatable bonds is 7. The number of hydrogen-bond acceptors (Lipinski definition) is 5. The Hall–Kier alpha value is -3.32. The SMILES string of the molecule is CCOC(=O)CCC(=O)Nc1c(C(=O)Nc2cccc(Cl)c2)oc2ccccc12. The lowest BCUT2D eigenvalue weighted by Crippen LogP contribution is -2.18. The summed E-state index contributed by atoms with van der Waals surface area (Å²) >= 11 is 5.95. The Balaban J connectivity index is 1.83. The fourth-order valence-electron chi connectivity index (χ4n) is 2.73. The van der Waals surface area contributed by atoms with Gasteiger partial charge in [-0.2, -0.15) is 0 Å². The summed E-state index contributed by atoms with van der Waals surface area (Å²) in [4.78, 5) is 36.6. The summed E-state index contributed by atoms with van der Waals surface area (Å²) in [6.45, 7) is 1.95. The van der Waals surface area contributed by atoms with E-state index in [1.807, 2.05) is 0 Å². The van der Waals surface area contributed by atoms with Crippen LogP contribution in [0.5, 0.6) is 0 Å². The Bertz CT molecular complexity index is 1060. The molecule has 0 aliphatic carbocycles. The Labute approximate surface area is 172 Å². The number of amides is 2. The number of anilines is 2. The van der Waals surface area contributed by atoms with Crippen molar-refractivity contribution >= 4 is 51.7 Å². The second kappa shape index (κ2) is 9.25. The number of carbonyl (C=O) groups is 3. The van der Waals surface area contributed by atoms with Gasteiger partial charge in [-0.1, -0.05) is 29.8 Å². The van der Waals surface area contributed by atoms with E-state index in [4.69, 9.17) is 20.8 Å². The van der Waals surface area contributed by atoms with Crippen molar-refractivity contribution in [2.24, 2.45) is 0 Å². The van der Waals surface area contributed by atoms with E-state index in [-0.39, 0.29) is 30.9 Å². The predicted octanol–water partition coefficient (Wildman–Crippen LogP) is 4.62. The quantitative estimate of drug-likeness (QED) is 0.550. The van der Waals surface area contributed by atoms with Crippen LogP contribution < -0.4 is 10.6 Å². The third kappa shape index (κ3) is 5.14. The molecule has 0 aliphatic rings. The topological polar surface area (TPSA) is 97.6 Å². The number of furan rings is 1. The van der Waals surface area contributed by atoms with Crippen molar-refractivity contribution in [3.8, 4) is 0 Å². The van der Waals surface area contributed by atoms with E-state index >= 15 is 0 Å². The predicted molar refractivity (Wildman–Crippen MR) is 110 cm³/mol. The third-order valence-corrected chi connectivity index (χ3v) is 4.25. The van der Waals surface area contributed by atoms with Gasteiger partial charge in [-0.15, -0.1) is 0 Å². The molecule has 0 fully saturated rings. The molecule has 3 aromatic rings. The summed E-state index contributed by atoms with van der Waals surface area (Å²) in [6, 6.07) is 13.6. The van der Waals surface area contributed by atoms with Crippen molar-refractivity contribution in [3.05, 3.63) is 59.3 Å². The lowest BCUT2D eigenvalue weighted by Gasteiger charge is -2.07. The van der Waals surface area contributed by atoms with Crippen LogP contribution in [0.1, 0.15) is 30.3 Å². The molecule has 0 saturated carbocycles. The molecule has 7 nitrogen and oxygen atoms in total. The van der Waals surface area contributed by atoms with E-state index in [1.54, 1.807) is 55.5 Å². The van der Waals surface area contributed by atoms with Gasteiger partial charge in [-0.25, -0.2) is 0 Å². The Morgan fingerprint density at radius 1 is 1.03 bits per heavy atom. The van der Waals surface area contributed by atoms with Gasteiger partial charge in [-0.3, -0.25) is 14.4 Å². The summed E-state index contributed by atoms with van der Waals surface area (Å²) < 4.78 is 10.5. The Morgan fingerprint density at radius 3 is 2.59 bits per heavy atom. The molecule has 3 rings (SSSR count). The van der Waals surface area contributed by atoms with Gasteiger partial charge in [-0.05, 0) is 37.3 Å². The number of fused-ring (bicyclic) bond motifs is 1. The Morgan fingerprint density at radius 2 is 1.83 bits per heavy atom. The molecule has 2 N–H and O–H groups in total. The minimum atomic E-state index is -0.538. The smallest absolute Gasteiger partial charge is 0.306 e. The number of esters is 1. The molecule has 1 aromatic heterocycles. The van der Waals surface area contributed by atoms with E-state index in [0.717, 1.165) is 0 Å². The molecular formula is C21H19ClN2O5. The number of nitrogens with one attached hydrogen (secondary N) is 2. The molecule has 0 unspecified atom stereocenters. The molecular weight excluding hydrogens is 396 g/mol. The second-order valence-electron chi connectivity index (χ2n) is 6.12. The van der Waals surface area contributed by atoms with Gasteiger partial charge in [0, 0.05) is 22.5 Å². The van der Waals surface area contributed by atoms with E-state index in [2.05, 4.69) is 10.6 Å². The average Bonchev–Trinajstić information content (AvgIpc) is 3.05. The van der Waals surface area contributed by atoms with Crippen molar-refractivity contribution in [2.75, 3.05) is 17.2 Å². The van der Waals surface area contributed by atoms with Gasteiger partial charge in [0.2, 0.25) is 11.7 Å². The maximum absolute atomic E-state index is 12.8. The molecule has 2 aromatic carbocycles. The van der Waals surface area contributed by atoms with Crippen molar-refractivity contribution < 1.29 is 23.5 Å². The van der Waals surface area contributed by atoms with Crippen LogP contribution in [-0.4, -0.2) is 24.4 Å². The number of ether oxygens (including phenoxy) is 1. The molecule has 29 heavy (non-hydrogen) atoms. The molecule has 0 radical (unpaired) electrons. The maximum atomic E-state index is 12.8. The van der Waals surface area contributed by atoms with Gasteiger partial charge >= 0.3 is 5.97 Å². The van der Waals surface area contributed by atoms with Crippen molar-refractivity contribution in [1.29, 1.82) is 0 Å². The highest BCUT2D eigenvalue weighted by Gasteiger charge is 2.22. The fourth-order valence-corrected chi connectivity index (χ4v) is 2.92. The molecule has 150 valence electrons. The summed E-state index contributed by atoms with van der Waals surface area (Å²) in [5.74, 6) is -1.47. The van der Waals surface area contributed by atoms with Crippen LogP contribution in [0.4, 0.5) is 11.4 Å². The van der Waals surface area contributed by atoms with Crippen molar-refractivity contribution in [3.63, 3.8) is 0 Å². The zero-order valence-electron chi connectivity index (χ0n) is 15.7. The largest absolute Gasteiger partial charge is 0.466 e. The zero-order valence-corrected chi connectivity index (χ0v) is 16.4. The summed E-state index contributed by atoms with van der Waals surface area (Å²) in [7, 11) is 0. The fraction of sp³-hybridized carbons (Fsp3) is 0.190. The highest BCUT2D eigenvalue weighted by Crippen LogP contribution is 2.32. The minimum Gasteiger partial charge on any atom is -0.466 e. The number of carbonyl (C=O) groups excluding carboxylic acids is 3. The Kier molecular flexibility index (Phi) is 6.51. The highest BCUT2D eigenvalue weighted by molar-refractivity contribution is 6.31. The second-order valence-corrected chi connectivity index (χ2v) is 6.56. The normalized spacial score (nSPS) is 10.6. The standard InChI is InChI=1S/C21H19ClN2O5/c1-2-28-18(26)11-10-17(25)24-19-15-8-3-4-9-16(15)29-20(19)21(27)23-14-7-5-6-13(22)12-14/h3-9,12H,2,10-11H2,1H3,(H,23,27)(H,24,25). The van der Waals surface area contributed by atoms with E-state index in [9.17, 15) is 14.4 Å². The van der Waals surface area contributed by atoms with Crippen LogP contribution in [0.15, 0.2) is 52.9 Å². The van der Waals surface area contributed by atoms with Gasteiger partial charge < -0.3 is 19.8 Å². The number of hydrogen-bond donors (Lipinski definition) is 2. The molecule has 0 atom stereocenters. The molecule has 0 saturated heterocycles. The zero-order chi connectivity index (χ0) is 20.8. The van der Waals surface area contributed by atoms with Crippen LogP contribution in [0.2, 0.25) is 5.02 Å². The van der Waals surface area contributed by atoms with Gasteiger partial charge in [0.1, 0.15) is 11.3 Å². The first-order valence-corrected chi connectivity index (χ1v) is 9.39. The average molecular weight is 415 g/mol. The molecule has 1 heterocycles. The molecule has 8 heteroatoms. The van der Waals surface area contributed by atoms with E-state index < -0.39 is 17.8 Å². The number of para-hydroxylation sites is 1. The minimum absolute atomic E-state index is 0.0457. The summed E-state index contributed by atoms with van der Waals surface area (Å²) in [5, 5.41) is 6.43. The van der Waals surface area contributed by atoms with Crippen LogP contribution in [0.3, 0.4) is 0 Å². The van der Waals surface area contributed by atoms with Gasteiger partial charge in [0.05, 0.1) is 13.0 Å². The van der Waals surface area contributed by atoms with Crippen LogP contribution in [-0.2, 0) is 14.3 Å².